The molecule has 20 heavy (non-hydrogen) atoms. The minimum Gasteiger partial charge on any atom is -0.328 e. The van der Waals surface area contributed by atoms with Crippen LogP contribution in [0.15, 0.2) is 18.2 Å². The molecule has 0 bridgehead atoms. The van der Waals surface area contributed by atoms with E-state index in [0.29, 0.717) is 25.0 Å². The average Bonchev–Trinajstić information content (AvgIpc) is 2.36. The highest BCUT2D eigenvalue weighted by molar-refractivity contribution is 5.98. The van der Waals surface area contributed by atoms with Gasteiger partial charge in [0.2, 0.25) is 0 Å². The smallest absolute Gasteiger partial charge is 0.328 e. The first-order valence-corrected chi connectivity index (χ1v) is 6.45. The second-order valence-electron chi connectivity index (χ2n) is 5.18. The molecule has 2 N–H and O–H groups in total. The molecular weight excluding hydrogens is 274 g/mol. The minimum atomic E-state index is -4.75. The number of hydrogen-bond acceptors (Lipinski definition) is 2. The average molecular weight is 289 g/mol. The van der Waals surface area contributed by atoms with Gasteiger partial charge in [-0.2, -0.15) is 13.2 Å². The molecule has 0 amide bonds. The Morgan fingerprint density at radius 1 is 1.25 bits per heavy atom. The van der Waals surface area contributed by atoms with Gasteiger partial charge in [-0.3, -0.25) is 4.79 Å². The normalized spacial score (nSPS) is 23.6. The fourth-order valence-corrected chi connectivity index (χ4v) is 2.60. The predicted molar refractivity (Wildman–Crippen MR) is 65.7 cm³/mol. The first kappa shape index (κ1) is 15.0. The molecule has 0 heterocycles. The van der Waals surface area contributed by atoms with Crippen molar-refractivity contribution < 1.29 is 22.4 Å². The first-order chi connectivity index (χ1) is 9.29. The van der Waals surface area contributed by atoms with Gasteiger partial charge < -0.3 is 5.73 Å². The van der Waals surface area contributed by atoms with Crippen LogP contribution < -0.4 is 5.73 Å². The summed E-state index contributed by atoms with van der Waals surface area (Å²) in [4.78, 5) is 12.2. The molecular formula is C14H15F4NO. The molecule has 1 aromatic rings. The second kappa shape index (κ2) is 5.52. The molecule has 1 aromatic carbocycles. The molecule has 2 rings (SSSR count). The maximum atomic E-state index is 13.5. The van der Waals surface area contributed by atoms with Gasteiger partial charge >= 0.3 is 6.18 Å². The summed E-state index contributed by atoms with van der Waals surface area (Å²) in [5, 5.41) is 0. The van der Waals surface area contributed by atoms with E-state index in [1.165, 1.54) is 0 Å². The van der Waals surface area contributed by atoms with Gasteiger partial charge in [0.15, 0.2) is 5.78 Å². The van der Waals surface area contributed by atoms with Gasteiger partial charge in [-0.25, -0.2) is 4.39 Å². The van der Waals surface area contributed by atoms with Gasteiger partial charge in [-0.15, -0.1) is 0 Å². The second-order valence-corrected chi connectivity index (χ2v) is 5.18. The highest BCUT2D eigenvalue weighted by atomic mass is 19.4. The molecule has 0 radical (unpaired) electrons. The number of Topliss-reactive ketones (excluding diaryl/α,β-unsaturated/α-hetero) is 1. The monoisotopic (exact) mass is 289 g/mol. The Morgan fingerprint density at radius 3 is 2.50 bits per heavy atom. The van der Waals surface area contributed by atoms with Crippen LogP contribution in [0.5, 0.6) is 0 Å². The molecule has 0 saturated heterocycles. The predicted octanol–water partition coefficient (Wildman–Crippen LogP) is 3.54. The van der Waals surface area contributed by atoms with E-state index in [9.17, 15) is 22.4 Å². The van der Waals surface area contributed by atoms with E-state index in [4.69, 9.17) is 5.73 Å². The summed E-state index contributed by atoms with van der Waals surface area (Å²) in [6.45, 7) is 0. The maximum Gasteiger partial charge on any atom is 0.419 e. The number of alkyl halides is 3. The van der Waals surface area contributed by atoms with Crippen LogP contribution >= 0.6 is 0 Å². The van der Waals surface area contributed by atoms with Crippen LogP contribution in [0.25, 0.3) is 0 Å². The lowest BCUT2D eigenvalue weighted by molar-refractivity contribution is -0.140. The number of carbonyl (C=O) groups is 1. The van der Waals surface area contributed by atoms with E-state index in [1.54, 1.807) is 0 Å². The van der Waals surface area contributed by atoms with Gasteiger partial charge in [0.1, 0.15) is 5.82 Å². The molecule has 2 atom stereocenters. The van der Waals surface area contributed by atoms with E-state index < -0.39 is 17.6 Å². The van der Waals surface area contributed by atoms with Gasteiger partial charge in [0.25, 0.3) is 0 Å². The van der Waals surface area contributed by atoms with Crippen molar-refractivity contribution in [2.45, 2.75) is 37.9 Å². The molecule has 0 aliphatic heterocycles. The number of rotatable bonds is 2. The van der Waals surface area contributed by atoms with Crippen LogP contribution in [0.3, 0.4) is 0 Å². The topological polar surface area (TPSA) is 43.1 Å². The highest BCUT2D eigenvalue weighted by Crippen LogP contribution is 2.33. The van der Waals surface area contributed by atoms with Gasteiger partial charge in [0.05, 0.1) is 5.56 Å². The van der Waals surface area contributed by atoms with Crippen LogP contribution in [0, 0.1) is 11.7 Å². The number of benzene rings is 1. The third-order valence-electron chi connectivity index (χ3n) is 3.64. The van der Waals surface area contributed by atoms with Crippen molar-refractivity contribution in [1.82, 2.24) is 0 Å². The Bertz CT molecular complexity index is 512. The van der Waals surface area contributed by atoms with Crippen molar-refractivity contribution in [2.75, 3.05) is 0 Å². The van der Waals surface area contributed by atoms with E-state index in [-0.39, 0.29) is 23.3 Å². The Kier molecular flexibility index (Phi) is 4.13. The minimum absolute atomic E-state index is 0.0189. The van der Waals surface area contributed by atoms with Crippen molar-refractivity contribution >= 4 is 5.78 Å². The molecule has 2 nitrogen and oxygen atoms in total. The Hall–Kier alpha value is -1.43. The van der Waals surface area contributed by atoms with Crippen molar-refractivity contribution in [3.05, 3.63) is 35.1 Å². The summed E-state index contributed by atoms with van der Waals surface area (Å²) >= 11 is 0. The summed E-state index contributed by atoms with van der Waals surface area (Å²) in [5.74, 6) is -2.06. The molecule has 1 aliphatic rings. The molecule has 1 aliphatic carbocycles. The Balaban J connectivity index is 2.21. The molecule has 110 valence electrons. The lowest BCUT2D eigenvalue weighted by Gasteiger charge is -2.25. The summed E-state index contributed by atoms with van der Waals surface area (Å²) in [6, 6.07) is 2.25. The summed E-state index contributed by atoms with van der Waals surface area (Å²) in [7, 11) is 0. The van der Waals surface area contributed by atoms with Crippen molar-refractivity contribution in [1.29, 1.82) is 0 Å². The third kappa shape index (κ3) is 3.17. The number of nitrogens with two attached hydrogens (primary N) is 1. The number of ketones is 1. The van der Waals surface area contributed by atoms with Crippen LogP contribution in [0.4, 0.5) is 17.6 Å². The lowest BCUT2D eigenvalue weighted by Crippen LogP contribution is -2.31. The zero-order chi connectivity index (χ0) is 14.9. The van der Waals surface area contributed by atoms with E-state index in [2.05, 4.69) is 0 Å². The molecule has 1 saturated carbocycles. The zero-order valence-electron chi connectivity index (χ0n) is 10.7. The molecule has 0 spiro atoms. The van der Waals surface area contributed by atoms with E-state index in [0.717, 1.165) is 18.9 Å². The van der Waals surface area contributed by atoms with Gasteiger partial charge in [-0.1, -0.05) is 12.5 Å². The maximum absolute atomic E-state index is 13.5. The summed E-state index contributed by atoms with van der Waals surface area (Å²) in [5.41, 5.74) is 4.41. The highest BCUT2D eigenvalue weighted by Gasteiger charge is 2.35. The van der Waals surface area contributed by atoms with Crippen LogP contribution in [0.1, 0.15) is 41.6 Å². The van der Waals surface area contributed by atoms with Crippen molar-refractivity contribution in [3.63, 3.8) is 0 Å². The standard InChI is InChI=1S/C14H15F4NO/c15-12-7-9(4-5-11(12)14(16,17)18)13(20)8-2-1-3-10(19)6-8/h4-5,7-8,10H,1-3,6,19H2. The summed E-state index contributed by atoms with van der Waals surface area (Å²) < 4.78 is 50.8. The number of hydrogen-bond donors (Lipinski definition) is 1. The van der Waals surface area contributed by atoms with Gasteiger partial charge in [-0.05, 0) is 31.4 Å². The molecule has 1 fully saturated rings. The fraction of sp³-hybridized carbons (Fsp3) is 0.500. The molecule has 2 unspecified atom stereocenters. The number of carbonyl (C=O) groups excluding carboxylic acids is 1. The quantitative estimate of drug-likeness (QED) is 0.668. The Morgan fingerprint density at radius 2 is 1.95 bits per heavy atom. The first-order valence-electron chi connectivity index (χ1n) is 6.45. The van der Waals surface area contributed by atoms with Crippen LogP contribution in [-0.4, -0.2) is 11.8 Å². The lowest BCUT2D eigenvalue weighted by atomic mass is 9.81. The molecule has 6 heteroatoms. The third-order valence-corrected chi connectivity index (χ3v) is 3.64. The summed E-state index contributed by atoms with van der Waals surface area (Å²) in [6.07, 6.45) is -1.96. The van der Waals surface area contributed by atoms with Crippen LogP contribution in [0.2, 0.25) is 0 Å². The van der Waals surface area contributed by atoms with Gasteiger partial charge in [0, 0.05) is 17.5 Å². The van der Waals surface area contributed by atoms with Crippen molar-refractivity contribution in [3.8, 4) is 0 Å². The number of halogens is 4. The van der Waals surface area contributed by atoms with E-state index >= 15 is 0 Å². The fourth-order valence-electron chi connectivity index (χ4n) is 2.60. The Labute approximate surface area is 114 Å². The molecule has 0 aromatic heterocycles. The zero-order valence-corrected chi connectivity index (χ0v) is 10.7. The largest absolute Gasteiger partial charge is 0.419 e. The SMILES string of the molecule is NC1CCCC(C(=O)c2ccc(C(F)(F)F)c(F)c2)C1. The van der Waals surface area contributed by atoms with E-state index in [1.807, 2.05) is 0 Å². The van der Waals surface area contributed by atoms with Crippen molar-refractivity contribution in [2.24, 2.45) is 11.7 Å². The van der Waals surface area contributed by atoms with Crippen LogP contribution in [-0.2, 0) is 6.18 Å².